The lowest BCUT2D eigenvalue weighted by Crippen LogP contribution is -2.31. The Morgan fingerprint density at radius 3 is 2.91 bits per heavy atom. The third-order valence-corrected chi connectivity index (χ3v) is 2.44. The Hall–Kier alpha value is -0.520. The van der Waals surface area contributed by atoms with Gasteiger partial charge in [-0.25, -0.2) is 0 Å². The van der Waals surface area contributed by atoms with E-state index in [0.29, 0.717) is 5.41 Å². The zero-order chi connectivity index (χ0) is 8.32. The van der Waals surface area contributed by atoms with Gasteiger partial charge in [0.05, 0.1) is 6.54 Å². The second kappa shape index (κ2) is 3.25. The van der Waals surface area contributed by atoms with E-state index in [1.54, 1.807) is 0 Å². The highest BCUT2D eigenvalue weighted by Gasteiger charge is 2.31. The maximum atomic E-state index is 5.65. The van der Waals surface area contributed by atoms with Gasteiger partial charge in [0.25, 0.3) is 0 Å². The van der Waals surface area contributed by atoms with Crippen LogP contribution in [0.5, 0.6) is 0 Å². The third kappa shape index (κ3) is 1.95. The number of hydrogen-bond donors (Lipinski definition) is 1. The lowest BCUT2D eigenvalue weighted by atomic mass is 9.90. The summed E-state index contributed by atoms with van der Waals surface area (Å²) in [5.41, 5.74) is 5.96. The summed E-state index contributed by atoms with van der Waals surface area (Å²) in [5, 5.41) is 0. The van der Waals surface area contributed by atoms with Crippen LogP contribution in [0.25, 0.3) is 0 Å². The van der Waals surface area contributed by atoms with Crippen molar-refractivity contribution in [2.24, 2.45) is 11.1 Å². The molecular formula is C9H16N2. The fraction of sp³-hybridized carbons (Fsp3) is 0.778. The van der Waals surface area contributed by atoms with Crippen LogP contribution in [0, 0.1) is 17.8 Å². The Labute approximate surface area is 68.8 Å². The van der Waals surface area contributed by atoms with Crippen molar-refractivity contribution in [1.29, 1.82) is 0 Å². The standard InChI is InChI=1S/C9H16N2/c1-3-5-11-6-4-9(2,7-10)8-11/h1H,4-8,10H2,2H3. The predicted octanol–water partition coefficient (Wildman–Crippen LogP) is 0.290. The topological polar surface area (TPSA) is 29.3 Å². The average Bonchev–Trinajstić information content (AvgIpc) is 2.35. The van der Waals surface area contributed by atoms with Crippen LogP contribution in [-0.4, -0.2) is 31.1 Å². The Bertz CT molecular complexity index is 171. The van der Waals surface area contributed by atoms with Crippen LogP contribution in [0.1, 0.15) is 13.3 Å². The summed E-state index contributed by atoms with van der Waals surface area (Å²) in [6.45, 7) is 5.94. The molecule has 0 aliphatic carbocycles. The maximum absolute atomic E-state index is 5.65. The van der Waals surface area contributed by atoms with Crippen molar-refractivity contribution >= 4 is 0 Å². The smallest absolute Gasteiger partial charge is 0.0599 e. The molecule has 1 unspecified atom stereocenters. The molecule has 1 fully saturated rings. The van der Waals surface area contributed by atoms with Crippen LogP contribution < -0.4 is 5.73 Å². The lowest BCUT2D eigenvalue weighted by Gasteiger charge is -2.21. The Morgan fingerprint density at radius 1 is 1.73 bits per heavy atom. The molecule has 2 heteroatoms. The second-order valence-electron chi connectivity index (χ2n) is 3.68. The second-order valence-corrected chi connectivity index (χ2v) is 3.68. The maximum Gasteiger partial charge on any atom is 0.0599 e. The molecule has 0 aromatic heterocycles. The fourth-order valence-corrected chi connectivity index (χ4v) is 1.56. The van der Waals surface area contributed by atoms with E-state index in [2.05, 4.69) is 17.7 Å². The van der Waals surface area contributed by atoms with Crippen LogP contribution in [0.4, 0.5) is 0 Å². The summed E-state index contributed by atoms with van der Waals surface area (Å²) in [4.78, 5) is 2.28. The minimum Gasteiger partial charge on any atom is -0.330 e. The van der Waals surface area contributed by atoms with Gasteiger partial charge >= 0.3 is 0 Å². The molecule has 62 valence electrons. The molecule has 1 saturated heterocycles. The molecule has 0 amide bonds. The van der Waals surface area contributed by atoms with E-state index in [4.69, 9.17) is 12.2 Å². The first-order chi connectivity index (χ1) is 5.20. The van der Waals surface area contributed by atoms with E-state index in [1.807, 2.05) is 0 Å². The first-order valence-corrected chi connectivity index (χ1v) is 4.06. The minimum atomic E-state index is 0.316. The molecule has 2 nitrogen and oxygen atoms in total. The van der Waals surface area contributed by atoms with Crippen molar-refractivity contribution in [2.75, 3.05) is 26.2 Å². The van der Waals surface area contributed by atoms with Gasteiger partial charge in [0, 0.05) is 6.54 Å². The Balaban J connectivity index is 2.41. The molecule has 1 atom stereocenters. The van der Waals surface area contributed by atoms with Gasteiger partial charge in [0.15, 0.2) is 0 Å². The van der Waals surface area contributed by atoms with Crippen LogP contribution in [0.15, 0.2) is 0 Å². The molecule has 2 N–H and O–H groups in total. The average molecular weight is 152 g/mol. The first kappa shape index (κ1) is 8.58. The molecule has 1 aliphatic rings. The Morgan fingerprint density at radius 2 is 2.45 bits per heavy atom. The van der Waals surface area contributed by atoms with E-state index in [9.17, 15) is 0 Å². The number of nitrogens with zero attached hydrogens (tertiary/aromatic N) is 1. The van der Waals surface area contributed by atoms with Gasteiger partial charge < -0.3 is 5.73 Å². The summed E-state index contributed by atoms with van der Waals surface area (Å²) in [7, 11) is 0. The van der Waals surface area contributed by atoms with Crippen LogP contribution in [-0.2, 0) is 0 Å². The van der Waals surface area contributed by atoms with Crippen molar-refractivity contribution in [1.82, 2.24) is 4.90 Å². The molecule has 1 heterocycles. The van der Waals surface area contributed by atoms with E-state index in [1.165, 1.54) is 6.42 Å². The van der Waals surface area contributed by atoms with Crippen molar-refractivity contribution in [3.63, 3.8) is 0 Å². The van der Waals surface area contributed by atoms with E-state index < -0.39 is 0 Å². The van der Waals surface area contributed by atoms with E-state index in [-0.39, 0.29) is 0 Å². The summed E-state index contributed by atoms with van der Waals surface area (Å²) in [6.07, 6.45) is 6.40. The molecule has 0 saturated carbocycles. The van der Waals surface area contributed by atoms with Crippen molar-refractivity contribution in [2.45, 2.75) is 13.3 Å². The number of nitrogens with two attached hydrogens (primary N) is 1. The van der Waals surface area contributed by atoms with Crippen molar-refractivity contribution < 1.29 is 0 Å². The molecular weight excluding hydrogens is 136 g/mol. The quantitative estimate of drug-likeness (QED) is 0.576. The zero-order valence-electron chi connectivity index (χ0n) is 7.14. The lowest BCUT2D eigenvalue weighted by molar-refractivity contribution is 0.303. The van der Waals surface area contributed by atoms with Gasteiger partial charge in [-0.15, -0.1) is 6.42 Å². The monoisotopic (exact) mass is 152 g/mol. The predicted molar refractivity (Wildman–Crippen MR) is 47.1 cm³/mol. The molecule has 0 spiro atoms. The first-order valence-electron chi connectivity index (χ1n) is 4.06. The molecule has 0 bridgehead atoms. The molecule has 0 radical (unpaired) electrons. The Kier molecular flexibility index (Phi) is 2.53. The largest absolute Gasteiger partial charge is 0.330 e. The fourth-order valence-electron chi connectivity index (χ4n) is 1.56. The highest BCUT2D eigenvalue weighted by Crippen LogP contribution is 2.27. The highest BCUT2D eigenvalue weighted by molar-refractivity contribution is 4.94. The number of likely N-dealkylation sites (tertiary alicyclic amines) is 1. The summed E-state index contributed by atoms with van der Waals surface area (Å²) in [5.74, 6) is 2.66. The van der Waals surface area contributed by atoms with Gasteiger partial charge in [0.2, 0.25) is 0 Å². The number of rotatable bonds is 2. The highest BCUT2D eigenvalue weighted by atomic mass is 15.1. The normalized spacial score (nSPS) is 32.1. The molecule has 1 rings (SSSR count). The van der Waals surface area contributed by atoms with Gasteiger partial charge in [-0.3, -0.25) is 4.90 Å². The van der Waals surface area contributed by atoms with Crippen molar-refractivity contribution in [3.8, 4) is 12.3 Å². The van der Waals surface area contributed by atoms with Gasteiger partial charge in [-0.05, 0) is 24.9 Å². The van der Waals surface area contributed by atoms with E-state index in [0.717, 1.165) is 26.2 Å². The summed E-state index contributed by atoms with van der Waals surface area (Å²) < 4.78 is 0. The van der Waals surface area contributed by atoms with Crippen molar-refractivity contribution in [3.05, 3.63) is 0 Å². The molecule has 0 aromatic carbocycles. The van der Waals surface area contributed by atoms with Gasteiger partial charge in [-0.1, -0.05) is 12.8 Å². The van der Waals surface area contributed by atoms with Gasteiger partial charge in [-0.2, -0.15) is 0 Å². The number of terminal acetylenes is 1. The zero-order valence-corrected chi connectivity index (χ0v) is 7.14. The van der Waals surface area contributed by atoms with Crippen LogP contribution in [0.2, 0.25) is 0 Å². The van der Waals surface area contributed by atoms with E-state index >= 15 is 0 Å². The van der Waals surface area contributed by atoms with Gasteiger partial charge in [0.1, 0.15) is 0 Å². The van der Waals surface area contributed by atoms with Crippen LogP contribution >= 0.6 is 0 Å². The molecule has 11 heavy (non-hydrogen) atoms. The summed E-state index contributed by atoms with van der Waals surface area (Å²) in [6, 6.07) is 0. The molecule has 0 aromatic rings. The SMILES string of the molecule is C#CCN1CCC(C)(CN)C1. The van der Waals surface area contributed by atoms with Crippen LogP contribution in [0.3, 0.4) is 0 Å². The summed E-state index contributed by atoms with van der Waals surface area (Å²) >= 11 is 0. The molecule has 1 aliphatic heterocycles. The third-order valence-electron chi connectivity index (χ3n) is 2.44. The number of hydrogen-bond acceptors (Lipinski definition) is 2. The minimum absolute atomic E-state index is 0.316.